The average Bonchev–Trinajstić information content (AvgIpc) is 3.31. The molecule has 0 spiro atoms. The monoisotopic (exact) mass is 486 g/mol. The van der Waals surface area contributed by atoms with Crippen LogP contribution < -0.4 is 5.32 Å². The van der Waals surface area contributed by atoms with Gasteiger partial charge in [0.05, 0.1) is 11.9 Å². The number of halogens is 1. The van der Waals surface area contributed by atoms with E-state index in [0.717, 1.165) is 56.4 Å². The fourth-order valence-corrected chi connectivity index (χ4v) is 3.66. The molecule has 3 rings (SSSR count). The van der Waals surface area contributed by atoms with Crippen LogP contribution in [0.3, 0.4) is 0 Å². The van der Waals surface area contributed by atoms with E-state index in [0.29, 0.717) is 5.92 Å². The summed E-state index contributed by atoms with van der Waals surface area (Å²) in [7, 11) is 1.97. The second-order valence-electron chi connectivity index (χ2n) is 7.12. The molecule has 0 radical (unpaired) electrons. The van der Waals surface area contributed by atoms with E-state index in [9.17, 15) is 0 Å². The molecule has 1 saturated heterocycles. The molecule has 1 N–H and O–H groups in total. The lowest BCUT2D eigenvalue weighted by Crippen LogP contribution is -2.40. The van der Waals surface area contributed by atoms with Crippen LogP contribution in [0, 0.1) is 19.8 Å². The second-order valence-corrected chi connectivity index (χ2v) is 7.12. The third-order valence-corrected chi connectivity index (χ3v) is 5.01. The zero-order valence-corrected chi connectivity index (χ0v) is 19.1. The van der Waals surface area contributed by atoms with Crippen LogP contribution >= 0.6 is 24.0 Å². The summed E-state index contributed by atoms with van der Waals surface area (Å²) in [5.41, 5.74) is 3.47. The first-order valence-corrected chi connectivity index (χ1v) is 9.49. The zero-order valence-electron chi connectivity index (χ0n) is 16.7. The Bertz CT molecular complexity index is 734. The zero-order chi connectivity index (χ0) is 18.5. The molecule has 0 aliphatic carbocycles. The molecule has 27 heavy (non-hydrogen) atoms. The van der Waals surface area contributed by atoms with Gasteiger partial charge in [-0.05, 0) is 51.5 Å². The van der Waals surface area contributed by atoms with Crippen LogP contribution in [0.25, 0.3) is 0 Å². The predicted octanol–water partition coefficient (Wildman–Crippen LogP) is 2.72. The smallest absolute Gasteiger partial charge is 0.193 e. The SMILES string of the molecule is CCNC(=NCCc1c(C)noc1C)N1CCC(Cc2cnn(C)c2)C1.I. The predicted molar refractivity (Wildman–Crippen MR) is 118 cm³/mol. The summed E-state index contributed by atoms with van der Waals surface area (Å²) in [4.78, 5) is 7.23. The van der Waals surface area contributed by atoms with Gasteiger partial charge in [-0.2, -0.15) is 5.10 Å². The van der Waals surface area contributed by atoms with Crippen molar-refractivity contribution in [2.24, 2.45) is 18.0 Å². The molecule has 150 valence electrons. The summed E-state index contributed by atoms with van der Waals surface area (Å²) in [5, 5.41) is 11.7. The highest BCUT2D eigenvalue weighted by molar-refractivity contribution is 14.0. The number of hydrogen-bond acceptors (Lipinski definition) is 4. The first kappa shape index (κ1) is 21.7. The number of guanidine groups is 1. The largest absolute Gasteiger partial charge is 0.361 e. The molecule has 1 unspecified atom stereocenters. The van der Waals surface area contributed by atoms with Gasteiger partial charge in [0.15, 0.2) is 5.96 Å². The van der Waals surface area contributed by atoms with Crippen molar-refractivity contribution >= 4 is 29.9 Å². The third-order valence-electron chi connectivity index (χ3n) is 5.01. The molecule has 0 saturated carbocycles. The van der Waals surface area contributed by atoms with Gasteiger partial charge in [-0.25, -0.2) is 0 Å². The fraction of sp³-hybridized carbons (Fsp3) is 0.632. The fourth-order valence-electron chi connectivity index (χ4n) is 3.66. The van der Waals surface area contributed by atoms with Crippen molar-refractivity contribution in [1.29, 1.82) is 0 Å². The average molecular weight is 486 g/mol. The number of aliphatic imine (C=N–C) groups is 1. The van der Waals surface area contributed by atoms with Crippen molar-refractivity contribution in [3.8, 4) is 0 Å². The first-order valence-electron chi connectivity index (χ1n) is 9.49. The molecule has 1 fully saturated rings. The normalized spacial score (nSPS) is 17.3. The standard InChI is InChI=1S/C19H30N6O.HI/c1-5-20-19(21-8-6-18-14(2)23-26-15(18)3)25-9-7-16(13-25)10-17-11-22-24(4)12-17;/h11-12,16H,5-10,13H2,1-4H3,(H,20,21);1H. The molecule has 1 aliphatic heterocycles. The Balaban J connectivity index is 0.00000261. The van der Waals surface area contributed by atoms with Crippen molar-refractivity contribution in [1.82, 2.24) is 25.2 Å². The maximum atomic E-state index is 5.24. The summed E-state index contributed by atoms with van der Waals surface area (Å²) < 4.78 is 7.12. The molecule has 0 amide bonds. The number of aromatic nitrogens is 3. The van der Waals surface area contributed by atoms with Crippen LogP contribution in [0.15, 0.2) is 21.9 Å². The Morgan fingerprint density at radius 2 is 2.22 bits per heavy atom. The molecule has 3 heterocycles. The summed E-state index contributed by atoms with van der Waals surface area (Å²) in [5.74, 6) is 2.58. The molecule has 8 heteroatoms. The number of likely N-dealkylation sites (tertiary alicyclic amines) is 1. The minimum absolute atomic E-state index is 0. The highest BCUT2D eigenvalue weighted by Crippen LogP contribution is 2.21. The van der Waals surface area contributed by atoms with Gasteiger partial charge >= 0.3 is 0 Å². The first-order chi connectivity index (χ1) is 12.6. The summed E-state index contributed by atoms with van der Waals surface area (Å²) in [6.07, 6.45) is 7.24. The van der Waals surface area contributed by atoms with E-state index < -0.39 is 0 Å². The van der Waals surface area contributed by atoms with E-state index >= 15 is 0 Å². The second kappa shape index (κ2) is 10.1. The van der Waals surface area contributed by atoms with E-state index in [1.165, 1.54) is 17.5 Å². The lowest BCUT2D eigenvalue weighted by molar-refractivity contribution is 0.392. The Hall–Kier alpha value is -1.58. The Labute approximate surface area is 178 Å². The minimum Gasteiger partial charge on any atom is -0.361 e. The number of hydrogen-bond donors (Lipinski definition) is 1. The van der Waals surface area contributed by atoms with Crippen molar-refractivity contribution in [3.05, 3.63) is 35.0 Å². The van der Waals surface area contributed by atoms with Crippen molar-refractivity contribution in [2.45, 2.75) is 40.0 Å². The molecular weight excluding hydrogens is 455 g/mol. The van der Waals surface area contributed by atoms with Crippen LogP contribution in [0.5, 0.6) is 0 Å². The van der Waals surface area contributed by atoms with Gasteiger partial charge in [-0.15, -0.1) is 24.0 Å². The third kappa shape index (κ3) is 5.70. The van der Waals surface area contributed by atoms with E-state index in [4.69, 9.17) is 9.52 Å². The molecular formula is C19H31IN6O. The summed E-state index contributed by atoms with van der Waals surface area (Å²) >= 11 is 0. The number of nitrogens with zero attached hydrogens (tertiary/aromatic N) is 5. The van der Waals surface area contributed by atoms with E-state index in [2.05, 4.69) is 33.6 Å². The van der Waals surface area contributed by atoms with Gasteiger partial charge in [-0.1, -0.05) is 5.16 Å². The van der Waals surface area contributed by atoms with Crippen LogP contribution in [-0.4, -0.2) is 52.0 Å². The van der Waals surface area contributed by atoms with E-state index in [1.807, 2.05) is 31.8 Å². The number of nitrogens with one attached hydrogen (secondary N) is 1. The Kier molecular flexibility index (Phi) is 8.12. The van der Waals surface area contributed by atoms with Gasteiger partial charge < -0.3 is 14.7 Å². The Morgan fingerprint density at radius 3 is 2.85 bits per heavy atom. The quantitative estimate of drug-likeness (QED) is 0.386. The highest BCUT2D eigenvalue weighted by atomic mass is 127. The number of rotatable bonds is 6. The summed E-state index contributed by atoms with van der Waals surface area (Å²) in [6, 6.07) is 0. The maximum absolute atomic E-state index is 5.24. The van der Waals surface area contributed by atoms with E-state index in [-0.39, 0.29) is 24.0 Å². The van der Waals surface area contributed by atoms with Crippen molar-refractivity contribution < 1.29 is 4.52 Å². The van der Waals surface area contributed by atoms with Crippen LogP contribution in [-0.2, 0) is 19.9 Å². The van der Waals surface area contributed by atoms with Crippen molar-refractivity contribution in [2.75, 3.05) is 26.2 Å². The van der Waals surface area contributed by atoms with Gasteiger partial charge in [0.2, 0.25) is 0 Å². The van der Waals surface area contributed by atoms with Crippen LogP contribution in [0.2, 0.25) is 0 Å². The number of aryl methyl sites for hydroxylation is 3. The maximum Gasteiger partial charge on any atom is 0.193 e. The molecule has 2 aromatic heterocycles. The van der Waals surface area contributed by atoms with Gasteiger partial charge in [0.1, 0.15) is 5.76 Å². The van der Waals surface area contributed by atoms with Gasteiger partial charge in [0, 0.05) is 45.0 Å². The highest BCUT2D eigenvalue weighted by Gasteiger charge is 2.25. The van der Waals surface area contributed by atoms with Crippen LogP contribution in [0.1, 0.15) is 35.9 Å². The minimum atomic E-state index is 0. The molecule has 1 aliphatic rings. The van der Waals surface area contributed by atoms with E-state index in [1.54, 1.807) is 0 Å². The molecule has 2 aromatic rings. The van der Waals surface area contributed by atoms with Crippen LogP contribution in [0.4, 0.5) is 0 Å². The van der Waals surface area contributed by atoms with Gasteiger partial charge in [-0.3, -0.25) is 9.67 Å². The topological polar surface area (TPSA) is 71.5 Å². The molecule has 7 nitrogen and oxygen atoms in total. The summed E-state index contributed by atoms with van der Waals surface area (Å²) in [6.45, 7) is 9.81. The lowest BCUT2D eigenvalue weighted by atomic mass is 10.0. The molecule has 0 aromatic carbocycles. The molecule has 1 atom stereocenters. The lowest BCUT2D eigenvalue weighted by Gasteiger charge is -2.21. The molecule has 0 bridgehead atoms. The Morgan fingerprint density at radius 1 is 1.41 bits per heavy atom. The van der Waals surface area contributed by atoms with Gasteiger partial charge in [0.25, 0.3) is 0 Å². The van der Waals surface area contributed by atoms with Crippen molar-refractivity contribution in [3.63, 3.8) is 0 Å².